The third-order valence-electron chi connectivity index (χ3n) is 0.709. The Morgan fingerprint density at radius 2 is 2.27 bits per heavy atom. The predicted octanol–water partition coefficient (Wildman–Crippen LogP) is -0.831. The molecule has 0 aromatic rings. The zero-order valence-corrected chi connectivity index (χ0v) is 6.56. The quantitative estimate of drug-likeness (QED) is 0.548. The summed E-state index contributed by atoms with van der Waals surface area (Å²) in [7, 11) is -5.07. The lowest BCUT2D eigenvalue weighted by molar-refractivity contribution is 0.0274. The first-order valence-corrected chi connectivity index (χ1v) is 4.63. The van der Waals surface area contributed by atoms with E-state index >= 15 is 0 Å². The monoisotopic (exact) mass is 206 g/mol. The minimum Gasteiger partial charge on any atom is -0.263 e. The van der Waals surface area contributed by atoms with Crippen LogP contribution in [0.2, 0.25) is 0 Å². The molecular formula is C2H3FO6S2. The molecule has 1 saturated heterocycles. The van der Waals surface area contributed by atoms with Gasteiger partial charge in [-0.15, -0.1) is 0 Å². The van der Waals surface area contributed by atoms with Crippen LogP contribution in [-0.4, -0.2) is 25.5 Å². The summed E-state index contributed by atoms with van der Waals surface area (Å²) in [5.74, 6) is 0. The van der Waals surface area contributed by atoms with Gasteiger partial charge in [0.25, 0.3) is 0 Å². The van der Waals surface area contributed by atoms with E-state index in [0.717, 1.165) is 0 Å². The van der Waals surface area contributed by atoms with E-state index in [-0.39, 0.29) is 6.61 Å². The number of halogens is 1. The van der Waals surface area contributed by atoms with Crippen LogP contribution in [0.1, 0.15) is 0 Å². The van der Waals surface area contributed by atoms with Crippen LogP contribution in [0.4, 0.5) is 3.89 Å². The normalized spacial score (nSPS) is 32.5. The summed E-state index contributed by atoms with van der Waals surface area (Å²) in [6, 6.07) is 0. The van der Waals surface area contributed by atoms with Crippen LogP contribution in [-0.2, 0) is 34.4 Å². The summed E-state index contributed by atoms with van der Waals surface area (Å²) in [6.07, 6.45) is -1.45. The Kier molecular flexibility index (Phi) is 2.54. The fraction of sp³-hybridized carbons (Fsp3) is 1.00. The standard InChI is InChI=1S/C2H3FO6S2/c3-11(5,6)9-2-1-7-10(4)8-2/h2H,1H2. The van der Waals surface area contributed by atoms with Crippen molar-refractivity contribution >= 4 is 21.9 Å². The maximum absolute atomic E-state index is 11.7. The van der Waals surface area contributed by atoms with Gasteiger partial charge in [0.05, 0.1) is 0 Å². The average molecular weight is 206 g/mol. The van der Waals surface area contributed by atoms with Crippen molar-refractivity contribution in [2.45, 2.75) is 6.29 Å². The van der Waals surface area contributed by atoms with E-state index in [4.69, 9.17) is 0 Å². The van der Waals surface area contributed by atoms with Crippen LogP contribution in [0.25, 0.3) is 0 Å². The van der Waals surface area contributed by atoms with Gasteiger partial charge in [-0.3, -0.25) is 4.18 Å². The Bertz CT molecular complexity index is 258. The number of hydrogen-bond acceptors (Lipinski definition) is 6. The zero-order valence-electron chi connectivity index (χ0n) is 4.93. The highest BCUT2D eigenvalue weighted by atomic mass is 32.3. The van der Waals surface area contributed by atoms with Gasteiger partial charge in [0.2, 0.25) is 6.29 Å². The molecule has 0 radical (unpaired) electrons. The molecule has 2 atom stereocenters. The fourth-order valence-electron chi connectivity index (χ4n) is 0.426. The molecule has 1 aliphatic rings. The average Bonchev–Trinajstić information content (AvgIpc) is 2.10. The van der Waals surface area contributed by atoms with Gasteiger partial charge in [-0.05, 0) is 0 Å². The van der Waals surface area contributed by atoms with Gasteiger partial charge in [-0.25, -0.2) is 8.37 Å². The van der Waals surface area contributed by atoms with Gasteiger partial charge >= 0.3 is 21.9 Å². The van der Waals surface area contributed by atoms with Gasteiger partial charge in [-0.1, -0.05) is 3.89 Å². The van der Waals surface area contributed by atoms with Gasteiger partial charge < -0.3 is 0 Å². The lowest BCUT2D eigenvalue weighted by atomic mass is 10.7. The van der Waals surface area contributed by atoms with Crippen LogP contribution >= 0.6 is 0 Å². The highest BCUT2D eigenvalue weighted by Gasteiger charge is 2.29. The third-order valence-corrected chi connectivity index (χ3v) is 1.85. The van der Waals surface area contributed by atoms with Crippen LogP contribution in [0.5, 0.6) is 0 Å². The van der Waals surface area contributed by atoms with Crippen molar-refractivity contribution in [1.82, 2.24) is 0 Å². The minimum atomic E-state index is -5.07. The molecule has 1 fully saturated rings. The zero-order chi connectivity index (χ0) is 8.48. The molecule has 0 bridgehead atoms. The third kappa shape index (κ3) is 3.20. The highest BCUT2D eigenvalue weighted by Crippen LogP contribution is 2.12. The second-order valence-electron chi connectivity index (χ2n) is 1.50. The summed E-state index contributed by atoms with van der Waals surface area (Å²) >= 11 is -2.04. The first-order valence-electron chi connectivity index (χ1n) is 2.32. The van der Waals surface area contributed by atoms with Gasteiger partial charge in [0, 0.05) is 0 Å². The lowest BCUT2D eigenvalue weighted by Gasteiger charge is -2.00. The molecule has 1 heterocycles. The molecule has 0 aliphatic carbocycles. The van der Waals surface area contributed by atoms with E-state index in [1.54, 1.807) is 0 Å². The largest absolute Gasteiger partial charge is 0.440 e. The van der Waals surface area contributed by atoms with E-state index in [0.29, 0.717) is 0 Å². The molecule has 6 nitrogen and oxygen atoms in total. The Morgan fingerprint density at radius 3 is 2.64 bits per heavy atom. The molecule has 0 saturated carbocycles. The summed E-state index contributed by atoms with van der Waals surface area (Å²) in [5, 5.41) is 0. The topological polar surface area (TPSA) is 78.9 Å². The van der Waals surface area contributed by atoms with Crippen molar-refractivity contribution in [3.63, 3.8) is 0 Å². The highest BCUT2D eigenvalue weighted by molar-refractivity contribution is 7.81. The Morgan fingerprint density at radius 1 is 1.64 bits per heavy atom. The summed E-state index contributed by atoms with van der Waals surface area (Å²) in [6.45, 7) is -0.379. The fourth-order valence-corrected chi connectivity index (χ4v) is 1.38. The Hall–Kier alpha value is -0.0900. The first-order chi connectivity index (χ1) is 4.97. The first kappa shape index (κ1) is 9.00. The Balaban J connectivity index is 2.47. The van der Waals surface area contributed by atoms with Crippen molar-refractivity contribution in [3.05, 3.63) is 0 Å². The predicted molar refractivity (Wildman–Crippen MR) is 30.1 cm³/mol. The van der Waals surface area contributed by atoms with Gasteiger partial charge in [-0.2, -0.15) is 12.6 Å². The molecule has 1 rings (SSSR count). The van der Waals surface area contributed by atoms with E-state index in [1.807, 2.05) is 0 Å². The molecule has 2 unspecified atom stereocenters. The summed E-state index contributed by atoms with van der Waals surface area (Å²) in [5.41, 5.74) is 0. The number of hydrogen-bond donors (Lipinski definition) is 0. The second-order valence-corrected chi connectivity index (χ2v) is 3.32. The smallest absolute Gasteiger partial charge is 0.263 e. The molecule has 0 aromatic carbocycles. The van der Waals surface area contributed by atoms with E-state index in [9.17, 15) is 16.5 Å². The van der Waals surface area contributed by atoms with Crippen molar-refractivity contribution in [1.29, 1.82) is 0 Å². The molecule has 66 valence electrons. The van der Waals surface area contributed by atoms with E-state index < -0.39 is 28.2 Å². The van der Waals surface area contributed by atoms with Crippen LogP contribution < -0.4 is 0 Å². The van der Waals surface area contributed by atoms with Crippen molar-refractivity contribution in [2.75, 3.05) is 6.61 Å². The molecule has 0 spiro atoms. The minimum absolute atomic E-state index is 0.379. The van der Waals surface area contributed by atoms with Gasteiger partial charge in [0.15, 0.2) is 0 Å². The van der Waals surface area contributed by atoms with Gasteiger partial charge in [0.1, 0.15) is 6.61 Å². The van der Waals surface area contributed by atoms with Crippen molar-refractivity contribution in [3.8, 4) is 0 Å². The van der Waals surface area contributed by atoms with E-state index in [1.165, 1.54) is 0 Å². The molecular weight excluding hydrogens is 203 g/mol. The number of rotatable bonds is 2. The van der Waals surface area contributed by atoms with Crippen molar-refractivity contribution < 1.29 is 29.1 Å². The van der Waals surface area contributed by atoms with Crippen molar-refractivity contribution in [2.24, 2.45) is 0 Å². The summed E-state index contributed by atoms with van der Waals surface area (Å²) < 4.78 is 53.4. The molecule has 0 amide bonds. The maximum atomic E-state index is 11.7. The van der Waals surface area contributed by atoms with Crippen LogP contribution in [0.15, 0.2) is 0 Å². The molecule has 0 N–H and O–H groups in total. The molecule has 11 heavy (non-hydrogen) atoms. The van der Waals surface area contributed by atoms with Crippen LogP contribution in [0.3, 0.4) is 0 Å². The molecule has 0 aromatic heterocycles. The molecule has 9 heteroatoms. The van der Waals surface area contributed by atoms with E-state index in [2.05, 4.69) is 12.5 Å². The Labute approximate surface area is 64.5 Å². The van der Waals surface area contributed by atoms with Crippen LogP contribution in [0, 0.1) is 0 Å². The SMILES string of the molecule is O=S1OCC(OS(=O)(=O)F)O1. The lowest BCUT2D eigenvalue weighted by Crippen LogP contribution is -2.16. The maximum Gasteiger partial charge on any atom is 0.440 e. The summed E-state index contributed by atoms with van der Waals surface area (Å²) in [4.78, 5) is 0. The second kappa shape index (κ2) is 3.11. The molecule has 1 aliphatic heterocycles.